The van der Waals surface area contributed by atoms with Crippen molar-refractivity contribution in [3.8, 4) is 0 Å². The van der Waals surface area contributed by atoms with Crippen molar-refractivity contribution < 1.29 is 28.9 Å². The number of hydrogen-bond donors (Lipinski definition) is 1. The van der Waals surface area contributed by atoms with Gasteiger partial charge in [-0.3, -0.25) is 0 Å². The van der Waals surface area contributed by atoms with Crippen LogP contribution in [0.2, 0.25) is 0 Å². The molecule has 1 N–H and O–H groups in total. The molecule has 1 saturated heterocycles. The Bertz CT molecular complexity index is 416. The molecule has 6 heteroatoms. The lowest BCUT2D eigenvalue weighted by Crippen LogP contribution is -2.53. The normalized spacial score (nSPS) is 33.3. The van der Waals surface area contributed by atoms with E-state index in [1.807, 2.05) is 27.7 Å². The van der Waals surface area contributed by atoms with Gasteiger partial charge in [-0.15, -0.1) is 0 Å². The van der Waals surface area contributed by atoms with E-state index in [1.165, 1.54) is 0 Å². The van der Waals surface area contributed by atoms with Gasteiger partial charge in [0.05, 0.1) is 6.10 Å². The third-order valence-electron chi connectivity index (χ3n) is 3.78. The standard InChI is InChI=1S/C15H24O6/c1-9(2)14-10(3)11(8-15(4,19-5)21-14)20-13(18)7-6-12(16)17/h6-7,9-11,14H,8H2,1-5H3,(H,16,17)/b7-6+. The van der Waals surface area contributed by atoms with Crippen molar-refractivity contribution in [3.05, 3.63) is 12.2 Å². The summed E-state index contributed by atoms with van der Waals surface area (Å²) < 4.78 is 16.8. The molecule has 120 valence electrons. The lowest BCUT2D eigenvalue weighted by Gasteiger charge is -2.46. The third-order valence-corrected chi connectivity index (χ3v) is 3.78. The highest BCUT2D eigenvalue weighted by molar-refractivity contribution is 5.90. The van der Waals surface area contributed by atoms with Crippen molar-refractivity contribution in [2.24, 2.45) is 11.8 Å². The summed E-state index contributed by atoms with van der Waals surface area (Å²) in [6, 6.07) is 0. The number of carbonyl (C=O) groups excluding carboxylic acids is 1. The van der Waals surface area contributed by atoms with Crippen LogP contribution in [0.15, 0.2) is 12.2 Å². The fourth-order valence-electron chi connectivity index (χ4n) is 2.56. The van der Waals surface area contributed by atoms with Crippen LogP contribution < -0.4 is 0 Å². The smallest absolute Gasteiger partial charge is 0.331 e. The number of carbonyl (C=O) groups is 2. The van der Waals surface area contributed by atoms with Gasteiger partial charge in [-0.05, 0) is 12.8 Å². The number of methoxy groups -OCH3 is 1. The van der Waals surface area contributed by atoms with Crippen molar-refractivity contribution in [2.45, 2.75) is 52.1 Å². The van der Waals surface area contributed by atoms with E-state index in [0.29, 0.717) is 6.42 Å². The predicted octanol–water partition coefficient (Wildman–Crippen LogP) is 1.98. The van der Waals surface area contributed by atoms with E-state index in [1.54, 1.807) is 7.11 Å². The lowest BCUT2D eigenvalue weighted by molar-refractivity contribution is -0.298. The molecule has 21 heavy (non-hydrogen) atoms. The zero-order valence-corrected chi connectivity index (χ0v) is 13.2. The van der Waals surface area contributed by atoms with Gasteiger partial charge < -0.3 is 19.3 Å². The molecule has 1 fully saturated rings. The molecule has 0 aliphatic carbocycles. The van der Waals surface area contributed by atoms with Crippen LogP contribution in [0.5, 0.6) is 0 Å². The van der Waals surface area contributed by atoms with Crippen LogP contribution in [0, 0.1) is 11.8 Å². The molecule has 0 radical (unpaired) electrons. The van der Waals surface area contributed by atoms with Crippen molar-refractivity contribution >= 4 is 11.9 Å². The van der Waals surface area contributed by atoms with Gasteiger partial charge in [0, 0.05) is 31.6 Å². The summed E-state index contributed by atoms with van der Waals surface area (Å²) in [7, 11) is 1.55. The van der Waals surface area contributed by atoms with E-state index in [4.69, 9.17) is 19.3 Å². The Kier molecular flexibility index (Phi) is 5.92. The van der Waals surface area contributed by atoms with Crippen molar-refractivity contribution in [2.75, 3.05) is 7.11 Å². The van der Waals surface area contributed by atoms with Crippen molar-refractivity contribution in [3.63, 3.8) is 0 Å². The SMILES string of the molecule is COC1(C)CC(OC(=O)/C=C/C(=O)O)C(C)C(C(C)C)O1. The van der Waals surface area contributed by atoms with E-state index in [9.17, 15) is 9.59 Å². The third kappa shape index (κ3) is 4.82. The van der Waals surface area contributed by atoms with Crippen LogP contribution >= 0.6 is 0 Å². The molecule has 0 spiro atoms. The number of carboxylic acid groups (broad SMARTS) is 1. The average molecular weight is 300 g/mol. The van der Waals surface area contributed by atoms with Crippen LogP contribution in [0.25, 0.3) is 0 Å². The Labute approximate surface area is 125 Å². The van der Waals surface area contributed by atoms with Crippen molar-refractivity contribution in [1.29, 1.82) is 0 Å². The molecular weight excluding hydrogens is 276 g/mol. The van der Waals surface area contributed by atoms with Gasteiger partial charge in [-0.25, -0.2) is 9.59 Å². The van der Waals surface area contributed by atoms with Crippen LogP contribution in [0.3, 0.4) is 0 Å². The number of ether oxygens (including phenoxy) is 3. The summed E-state index contributed by atoms with van der Waals surface area (Å²) in [5, 5.41) is 8.52. The number of aliphatic carboxylic acids is 1. The maximum Gasteiger partial charge on any atom is 0.331 e. The van der Waals surface area contributed by atoms with E-state index in [-0.39, 0.29) is 24.0 Å². The summed E-state index contributed by atoms with van der Waals surface area (Å²) in [5.41, 5.74) is 0. The quantitative estimate of drug-likeness (QED) is 0.617. The monoisotopic (exact) mass is 300 g/mol. The van der Waals surface area contributed by atoms with Crippen LogP contribution in [0.4, 0.5) is 0 Å². The Hall–Kier alpha value is -1.40. The van der Waals surface area contributed by atoms with Crippen LogP contribution in [-0.4, -0.2) is 42.1 Å². The minimum atomic E-state index is -1.19. The molecule has 6 nitrogen and oxygen atoms in total. The van der Waals surface area contributed by atoms with Gasteiger partial charge in [0.15, 0.2) is 5.79 Å². The minimum Gasteiger partial charge on any atom is -0.478 e. The van der Waals surface area contributed by atoms with Gasteiger partial charge in [-0.2, -0.15) is 0 Å². The molecule has 0 bridgehead atoms. The Morgan fingerprint density at radius 3 is 2.48 bits per heavy atom. The van der Waals surface area contributed by atoms with Gasteiger partial charge >= 0.3 is 11.9 Å². The highest BCUT2D eigenvalue weighted by Crippen LogP contribution is 2.37. The summed E-state index contributed by atoms with van der Waals surface area (Å²) in [5.74, 6) is -2.44. The molecule has 1 rings (SSSR count). The van der Waals surface area contributed by atoms with Gasteiger partial charge in [-0.1, -0.05) is 20.8 Å². The first-order chi connectivity index (χ1) is 9.68. The second-order valence-electron chi connectivity index (χ2n) is 5.87. The van der Waals surface area contributed by atoms with Gasteiger partial charge in [0.1, 0.15) is 6.10 Å². The fraction of sp³-hybridized carbons (Fsp3) is 0.733. The first-order valence-electron chi connectivity index (χ1n) is 7.03. The Balaban J connectivity index is 2.83. The largest absolute Gasteiger partial charge is 0.478 e. The number of rotatable bonds is 5. The molecule has 4 atom stereocenters. The van der Waals surface area contributed by atoms with Crippen molar-refractivity contribution in [1.82, 2.24) is 0 Å². The summed E-state index contributed by atoms with van der Waals surface area (Å²) in [4.78, 5) is 22.1. The molecule has 0 amide bonds. The van der Waals surface area contributed by atoms with E-state index < -0.39 is 17.7 Å². The molecule has 0 aromatic rings. The number of esters is 1. The second kappa shape index (κ2) is 7.04. The predicted molar refractivity (Wildman–Crippen MR) is 75.6 cm³/mol. The fourth-order valence-corrected chi connectivity index (χ4v) is 2.56. The first-order valence-corrected chi connectivity index (χ1v) is 7.03. The molecule has 0 saturated carbocycles. The highest BCUT2D eigenvalue weighted by Gasteiger charge is 2.45. The number of hydrogen-bond acceptors (Lipinski definition) is 5. The highest BCUT2D eigenvalue weighted by atomic mass is 16.7. The maximum atomic E-state index is 11.7. The molecular formula is C15H24O6. The second-order valence-corrected chi connectivity index (χ2v) is 5.87. The average Bonchev–Trinajstić information content (AvgIpc) is 2.40. The topological polar surface area (TPSA) is 82.1 Å². The molecule has 0 aromatic carbocycles. The molecule has 4 unspecified atom stereocenters. The van der Waals surface area contributed by atoms with E-state index >= 15 is 0 Å². The summed E-state index contributed by atoms with van der Waals surface area (Å²) in [6.07, 6.45) is 1.59. The summed E-state index contributed by atoms with van der Waals surface area (Å²) >= 11 is 0. The molecule has 0 aromatic heterocycles. The zero-order valence-electron chi connectivity index (χ0n) is 13.2. The Morgan fingerprint density at radius 2 is 2.00 bits per heavy atom. The number of carboxylic acids is 1. The van der Waals surface area contributed by atoms with E-state index in [2.05, 4.69) is 0 Å². The molecule has 1 aliphatic rings. The zero-order chi connectivity index (χ0) is 16.2. The summed E-state index contributed by atoms with van der Waals surface area (Å²) in [6.45, 7) is 7.83. The lowest BCUT2D eigenvalue weighted by atomic mass is 9.84. The van der Waals surface area contributed by atoms with Crippen LogP contribution in [-0.2, 0) is 23.8 Å². The minimum absolute atomic E-state index is 0.00426. The van der Waals surface area contributed by atoms with E-state index in [0.717, 1.165) is 12.2 Å². The van der Waals surface area contributed by atoms with Gasteiger partial charge in [0.25, 0.3) is 0 Å². The van der Waals surface area contributed by atoms with Crippen LogP contribution in [0.1, 0.15) is 34.1 Å². The molecule has 1 heterocycles. The maximum absolute atomic E-state index is 11.7. The van der Waals surface area contributed by atoms with Gasteiger partial charge in [0.2, 0.25) is 0 Å². The molecule has 1 aliphatic heterocycles. The first kappa shape index (κ1) is 17.7. The Morgan fingerprint density at radius 1 is 1.38 bits per heavy atom.